The quantitative estimate of drug-likeness (QED) is 0.329. The van der Waals surface area contributed by atoms with Gasteiger partial charge in [0.05, 0.1) is 18.9 Å². The van der Waals surface area contributed by atoms with E-state index >= 15 is 0 Å². The van der Waals surface area contributed by atoms with E-state index < -0.39 is 11.5 Å². The summed E-state index contributed by atoms with van der Waals surface area (Å²) in [6, 6.07) is 14.4. The molecule has 1 amide bonds. The van der Waals surface area contributed by atoms with Crippen molar-refractivity contribution in [3.05, 3.63) is 64.7 Å². The fraction of sp³-hybridized carbons (Fsp3) is 0.548. The summed E-state index contributed by atoms with van der Waals surface area (Å²) >= 11 is 0. The Balaban J connectivity index is 1.43. The molecule has 210 valence electrons. The highest BCUT2D eigenvalue weighted by Crippen LogP contribution is 2.45. The van der Waals surface area contributed by atoms with Gasteiger partial charge >= 0.3 is 5.97 Å². The van der Waals surface area contributed by atoms with Crippen LogP contribution in [-0.4, -0.2) is 69.9 Å². The first kappa shape index (κ1) is 27.6. The lowest BCUT2D eigenvalue weighted by atomic mass is 9.72. The van der Waals surface area contributed by atoms with E-state index in [0.29, 0.717) is 45.9 Å². The Morgan fingerprint density at radius 3 is 2.67 bits per heavy atom. The van der Waals surface area contributed by atoms with E-state index in [1.54, 1.807) is 14.2 Å². The maximum atomic E-state index is 14.4. The van der Waals surface area contributed by atoms with Gasteiger partial charge in [-0.1, -0.05) is 30.3 Å². The van der Waals surface area contributed by atoms with Crippen molar-refractivity contribution >= 4 is 11.9 Å². The SMILES string of the molecule is COCCCc1cc(CN(C(=O)[C@H]2CNCCC23OC(=O)Cc2ccccc23)C2CC2)cc(OCCOC)c1. The summed E-state index contributed by atoms with van der Waals surface area (Å²) in [4.78, 5) is 29.2. The number of nitrogens with zero attached hydrogens (tertiary/aromatic N) is 1. The zero-order valence-corrected chi connectivity index (χ0v) is 23.1. The number of amides is 1. The van der Waals surface area contributed by atoms with Crippen molar-refractivity contribution in [1.29, 1.82) is 0 Å². The number of benzene rings is 2. The third-order valence-electron chi connectivity index (χ3n) is 8.01. The molecule has 3 aliphatic rings. The third kappa shape index (κ3) is 6.29. The Kier molecular flexibility index (Phi) is 8.85. The van der Waals surface area contributed by atoms with Crippen LogP contribution >= 0.6 is 0 Å². The molecule has 1 N–H and O–H groups in total. The molecule has 2 aromatic rings. The molecule has 1 spiro atoms. The zero-order valence-electron chi connectivity index (χ0n) is 23.1. The number of piperidine rings is 1. The van der Waals surface area contributed by atoms with E-state index in [1.807, 2.05) is 35.2 Å². The van der Waals surface area contributed by atoms with Gasteiger partial charge in [0.25, 0.3) is 0 Å². The van der Waals surface area contributed by atoms with Crippen LogP contribution in [-0.2, 0) is 48.8 Å². The van der Waals surface area contributed by atoms with Crippen LogP contribution in [0.3, 0.4) is 0 Å². The molecule has 8 nitrogen and oxygen atoms in total. The van der Waals surface area contributed by atoms with Crippen molar-refractivity contribution in [2.75, 3.05) is 47.1 Å². The molecule has 1 unspecified atom stereocenters. The number of methoxy groups -OCH3 is 2. The van der Waals surface area contributed by atoms with Crippen LogP contribution in [0.2, 0.25) is 0 Å². The fourth-order valence-electron chi connectivity index (χ4n) is 6.01. The highest BCUT2D eigenvalue weighted by Gasteiger charge is 2.54. The first-order valence-electron chi connectivity index (χ1n) is 14.1. The summed E-state index contributed by atoms with van der Waals surface area (Å²) in [6.45, 7) is 3.32. The van der Waals surface area contributed by atoms with Gasteiger partial charge in [-0.3, -0.25) is 9.59 Å². The van der Waals surface area contributed by atoms with E-state index in [4.69, 9.17) is 18.9 Å². The normalized spacial score (nSPS) is 22.3. The molecular weight excluding hydrogens is 496 g/mol. The molecule has 1 aliphatic carbocycles. The molecular formula is C31H40N2O6. The molecule has 0 bridgehead atoms. The standard InChI is InChI=1S/C31H40N2O6/c1-36-13-5-6-22-16-23(18-26(17-22)38-15-14-37-2)21-33(25-9-10-25)30(35)28-20-32-12-11-31(28)27-8-4-3-7-24(27)19-29(34)39-31/h3-4,7-8,16-18,25,28,32H,5-6,9-15,19-21H2,1-2H3/t28-,31?/m1/s1. The number of fused-ring (bicyclic) bond motifs is 2. The Hall–Kier alpha value is -2.94. The summed E-state index contributed by atoms with van der Waals surface area (Å²) in [5.41, 5.74) is 3.21. The van der Waals surface area contributed by atoms with E-state index in [-0.39, 0.29) is 24.3 Å². The first-order chi connectivity index (χ1) is 19.0. The summed E-state index contributed by atoms with van der Waals surface area (Å²) in [7, 11) is 3.37. The van der Waals surface area contributed by atoms with Crippen molar-refractivity contribution < 1.29 is 28.5 Å². The maximum absolute atomic E-state index is 14.4. The monoisotopic (exact) mass is 536 g/mol. The van der Waals surface area contributed by atoms with Crippen molar-refractivity contribution in [3.63, 3.8) is 0 Å². The molecule has 8 heteroatoms. The minimum absolute atomic E-state index is 0.0424. The van der Waals surface area contributed by atoms with Gasteiger partial charge in [0.15, 0.2) is 5.60 Å². The fourth-order valence-corrected chi connectivity index (χ4v) is 6.01. The van der Waals surface area contributed by atoms with Crippen molar-refractivity contribution in [2.45, 2.75) is 56.7 Å². The lowest BCUT2D eigenvalue weighted by molar-refractivity contribution is -0.180. The first-order valence-corrected chi connectivity index (χ1v) is 14.1. The van der Waals surface area contributed by atoms with Crippen LogP contribution in [0.25, 0.3) is 0 Å². The van der Waals surface area contributed by atoms with Crippen LogP contribution in [0.1, 0.15) is 47.9 Å². The minimum atomic E-state index is -0.933. The summed E-state index contributed by atoms with van der Waals surface area (Å²) in [5.74, 6) is 0.0829. The second kappa shape index (κ2) is 12.5. The Morgan fingerprint density at radius 2 is 1.87 bits per heavy atom. The molecule has 2 fully saturated rings. The van der Waals surface area contributed by atoms with E-state index in [2.05, 4.69) is 17.4 Å². The van der Waals surface area contributed by atoms with Crippen LogP contribution < -0.4 is 10.1 Å². The molecule has 5 rings (SSSR count). The maximum Gasteiger partial charge on any atom is 0.311 e. The number of rotatable bonds is 12. The van der Waals surface area contributed by atoms with E-state index in [0.717, 1.165) is 53.7 Å². The molecule has 1 saturated carbocycles. The lowest BCUT2D eigenvalue weighted by Gasteiger charge is -2.47. The number of aryl methyl sites for hydroxylation is 1. The average Bonchev–Trinajstić information content (AvgIpc) is 3.77. The van der Waals surface area contributed by atoms with Crippen molar-refractivity contribution in [2.24, 2.45) is 5.92 Å². The Morgan fingerprint density at radius 1 is 1.08 bits per heavy atom. The van der Waals surface area contributed by atoms with Gasteiger partial charge in [-0.2, -0.15) is 0 Å². The molecule has 0 aromatic heterocycles. The van der Waals surface area contributed by atoms with Gasteiger partial charge in [0.2, 0.25) is 5.91 Å². The molecule has 2 heterocycles. The third-order valence-corrected chi connectivity index (χ3v) is 8.01. The van der Waals surface area contributed by atoms with Gasteiger partial charge in [-0.05, 0) is 61.1 Å². The van der Waals surface area contributed by atoms with Crippen molar-refractivity contribution in [1.82, 2.24) is 10.2 Å². The number of hydrogen-bond donors (Lipinski definition) is 1. The second-order valence-corrected chi connectivity index (χ2v) is 10.8. The van der Waals surface area contributed by atoms with Gasteiger partial charge in [-0.25, -0.2) is 0 Å². The topological polar surface area (TPSA) is 86.3 Å². The average molecular weight is 537 g/mol. The number of carbonyl (C=O) groups excluding carboxylic acids is 2. The van der Waals surface area contributed by atoms with Crippen LogP contribution in [0.5, 0.6) is 5.75 Å². The van der Waals surface area contributed by atoms with Gasteiger partial charge in [0, 0.05) is 51.9 Å². The lowest BCUT2D eigenvalue weighted by Crippen LogP contribution is -2.58. The summed E-state index contributed by atoms with van der Waals surface area (Å²) < 4.78 is 22.5. The zero-order chi connectivity index (χ0) is 27.2. The Labute approximate surface area is 230 Å². The number of nitrogens with one attached hydrogen (secondary N) is 1. The Bertz CT molecular complexity index is 1140. The minimum Gasteiger partial charge on any atom is -0.491 e. The van der Waals surface area contributed by atoms with Gasteiger partial charge in [-0.15, -0.1) is 0 Å². The highest BCUT2D eigenvalue weighted by atomic mass is 16.6. The second-order valence-electron chi connectivity index (χ2n) is 10.8. The summed E-state index contributed by atoms with van der Waals surface area (Å²) in [5, 5.41) is 3.40. The van der Waals surface area contributed by atoms with Gasteiger partial charge < -0.3 is 29.2 Å². The molecule has 2 aromatic carbocycles. The highest BCUT2D eigenvalue weighted by molar-refractivity contribution is 5.84. The molecule has 0 radical (unpaired) electrons. The number of hydrogen-bond acceptors (Lipinski definition) is 7. The van der Waals surface area contributed by atoms with E-state index in [1.165, 1.54) is 0 Å². The number of esters is 1. The smallest absolute Gasteiger partial charge is 0.311 e. The summed E-state index contributed by atoms with van der Waals surface area (Å²) in [6.07, 6.45) is 4.57. The van der Waals surface area contributed by atoms with Gasteiger partial charge in [0.1, 0.15) is 12.4 Å². The van der Waals surface area contributed by atoms with Crippen LogP contribution in [0, 0.1) is 5.92 Å². The van der Waals surface area contributed by atoms with Crippen molar-refractivity contribution in [3.8, 4) is 5.75 Å². The molecule has 2 atom stereocenters. The predicted molar refractivity (Wildman–Crippen MR) is 146 cm³/mol. The number of ether oxygens (including phenoxy) is 4. The van der Waals surface area contributed by atoms with E-state index in [9.17, 15) is 9.59 Å². The van der Waals surface area contributed by atoms with Crippen LogP contribution in [0.4, 0.5) is 0 Å². The molecule has 39 heavy (non-hydrogen) atoms. The largest absolute Gasteiger partial charge is 0.491 e. The number of carbonyl (C=O) groups is 2. The molecule has 1 saturated heterocycles. The van der Waals surface area contributed by atoms with Crippen LogP contribution in [0.15, 0.2) is 42.5 Å². The molecule has 2 aliphatic heterocycles. The predicted octanol–water partition coefficient (Wildman–Crippen LogP) is 3.39.